The van der Waals surface area contributed by atoms with Gasteiger partial charge in [0.15, 0.2) is 0 Å². The normalized spacial score (nSPS) is 10.9. The van der Waals surface area contributed by atoms with E-state index in [2.05, 4.69) is 24.1 Å². The molecule has 1 aromatic carbocycles. The lowest BCUT2D eigenvalue weighted by atomic mass is 10.1. The van der Waals surface area contributed by atoms with Crippen LogP contribution in [0.5, 0.6) is 0 Å². The average molecular weight is 311 g/mol. The number of thiocarbonyl (C=S) groups is 1. The van der Waals surface area contributed by atoms with Gasteiger partial charge in [0, 0.05) is 23.5 Å². The number of halogens is 1. The van der Waals surface area contributed by atoms with Crippen LogP contribution in [0.3, 0.4) is 0 Å². The van der Waals surface area contributed by atoms with Crippen molar-refractivity contribution in [1.82, 2.24) is 4.90 Å². The molecule has 1 aromatic heterocycles. The summed E-state index contributed by atoms with van der Waals surface area (Å²) in [5.74, 6) is 0. The molecule has 0 saturated heterocycles. The Morgan fingerprint density at radius 3 is 2.74 bits per heavy atom. The Morgan fingerprint density at radius 2 is 2.11 bits per heavy atom. The summed E-state index contributed by atoms with van der Waals surface area (Å²) < 4.78 is 0.832. The van der Waals surface area contributed by atoms with Crippen LogP contribution in [-0.2, 0) is 13.1 Å². The Bertz CT molecular complexity index is 580. The largest absolute Gasteiger partial charge is 0.389 e. The van der Waals surface area contributed by atoms with Crippen molar-refractivity contribution in [2.24, 2.45) is 5.73 Å². The predicted molar refractivity (Wildman–Crippen MR) is 86.8 cm³/mol. The molecule has 0 unspecified atom stereocenters. The number of hydrogen-bond donors (Lipinski definition) is 1. The van der Waals surface area contributed by atoms with Crippen LogP contribution in [0.2, 0.25) is 4.34 Å². The first-order valence-corrected chi connectivity index (χ1v) is 7.46. The van der Waals surface area contributed by atoms with Gasteiger partial charge in [0.1, 0.15) is 4.99 Å². The maximum Gasteiger partial charge on any atom is 0.103 e. The van der Waals surface area contributed by atoms with Crippen LogP contribution in [0.1, 0.15) is 16.0 Å². The lowest BCUT2D eigenvalue weighted by molar-refractivity contribution is 0.322. The quantitative estimate of drug-likeness (QED) is 0.854. The van der Waals surface area contributed by atoms with Crippen LogP contribution in [-0.4, -0.2) is 16.9 Å². The maximum atomic E-state index is 5.93. The number of thiophene rings is 1. The van der Waals surface area contributed by atoms with Gasteiger partial charge in [0.2, 0.25) is 0 Å². The third-order valence-electron chi connectivity index (χ3n) is 2.72. The molecule has 100 valence electrons. The highest BCUT2D eigenvalue weighted by atomic mass is 35.5. The smallest absolute Gasteiger partial charge is 0.103 e. The van der Waals surface area contributed by atoms with E-state index in [9.17, 15) is 0 Å². The zero-order valence-electron chi connectivity index (χ0n) is 10.6. The second kappa shape index (κ2) is 6.48. The number of hydrogen-bond acceptors (Lipinski definition) is 3. The Balaban J connectivity index is 2.00. The summed E-state index contributed by atoms with van der Waals surface area (Å²) in [4.78, 5) is 3.94. The molecule has 2 N–H and O–H groups in total. The minimum absolute atomic E-state index is 0.439. The minimum atomic E-state index is 0.439. The minimum Gasteiger partial charge on any atom is -0.389 e. The van der Waals surface area contributed by atoms with Gasteiger partial charge in [-0.15, -0.1) is 11.3 Å². The summed E-state index contributed by atoms with van der Waals surface area (Å²) in [6.07, 6.45) is 0. The molecular weight excluding hydrogens is 296 g/mol. The van der Waals surface area contributed by atoms with E-state index in [1.165, 1.54) is 10.4 Å². The highest BCUT2D eigenvalue weighted by Gasteiger charge is 2.05. The van der Waals surface area contributed by atoms with Crippen LogP contribution >= 0.6 is 35.2 Å². The highest BCUT2D eigenvalue weighted by Crippen LogP contribution is 2.22. The van der Waals surface area contributed by atoms with Gasteiger partial charge in [-0.25, -0.2) is 0 Å². The van der Waals surface area contributed by atoms with Gasteiger partial charge in [-0.1, -0.05) is 42.0 Å². The highest BCUT2D eigenvalue weighted by molar-refractivity contribution is 7.80. The third kappa shape index (κ3) is 4.28. The van der Waals surface area contributed by atoms with Crippen LogP contribution in [0.25, 0.3) is 0 Å². The Kier molecular flexibility index (Phi) is 4.93. The lowest BCUT2D eigenvalue weighted by Gasteiger charge is -2.16. The van der Waals surface area contributed by atoms with Crippen molar-refractivity contribution in [2.75, 3.05) is 7.05 Å². The van der Waals surface area contributed by atoms with E-state index >= 15 is 0 Å². The maximum absolute atomic E-state index is 5.93. The molecule has 0 spiro atoms. The van der Waals surface area contributed by atoms with Crippen molar-refractivity contribution in [2.45, 2.75) is 13.1 Å². The topological polar surface area (TPSA) is 29.3 Å². The fourth-order valence-electron chi connectivity index (χ4n) is 1.89. The molecule has 0 atom stereocenters. The zero-order valence-corrected chi connectivity index (χ0v) is 13.0. The summed E-state index contributed by atoms with van der Waals surface area (Å²) >= 11 is 12.5. The first-order valence-electron chi connectivity index (χ1n) is 5.86. The molecule has 0 saturated carbocycles. The molecule has 0 aliphatic rings. The van der Waals surface area contributed by atoms with E-state index in [0.717, 1.165) is 23.0 Å². The first-order chi connectivity index (χ1) is 9.04. The lowest BCUT2D eigenvalue weighted by Crippen LogP contribution is -2.17. The van der Waals surface area contributed by atoms with Crippen molar-refractivity contribution in [3.05, 3.63) is 56.7 Å². The van der Waals surface area contributed by atoms with E-state index in [-0.39, 0.29) is 0 Å². The molecule has 2 rings (SSSR count). The van der Waals surface area contributed by atoms with Gasteiger partial charge in [0.25, 0.3) is 0 Å². The van der Waals surface area contributed by atoms with E-state index in [1.807, 2.05) is 24.3 Å². The van der Waals surface area contributed by atoms with E-state index < -0.39 is 0 Å². The number of nitrogens with two attached hydrogens (primary N) is 1. The molecule has 0 aliphatic carbocycles. The molecule has 5 heteroatoms. The van der Waals surface area contributed by atoms with Crippen LogP contribution in [0.4, 0.5) is 0 Å². The molecule has 0 amide bonds. The number of benzene rings is 1. The van der Waals surface area contributed by atoms with Gasteiger partial charge in [-0.05, 0) is 30.8 Å². The standard InChI is InChI=1S/C14H15ClN2S2/c1-17(9-12-5-6-13(15)19-12)8-10-3-2-4-11(7-10)14(16)18/h2-7H,8-9H2,1H3,(H2,16,18). The summed E-state index contributed by atoms with van der Waals surface area (Å²) in [6.45, 7) is 1.74. The van der Waals surface area contributed by atoms with Crippen molar-refractivity contribution >= 4 is 40.1 Å². The average Bonchev–Trinajstić information content (AvgIpc) is 2.74. The molecule has 0 radical (unpaired) electrons. The van der Waals surface area contributed by atoms with Gasteiger partial charge in [0.05, 0.1) is 4.34 Å². The Hall–Kier alpha value is -0.940. The number of nitrogens with zero attached hydrogens (tertiary/aromatic N) is 1. The SMILES string of the molecule is CN(Cc1cccc(C(N)=S)c1)Cc1ccc(Cl)s1. The fourth-order valence-corrected chi connectivity index (χ4v) is 3.19. The Labute approximate surface area is 127 Å². The van der Waals surface area contributed by atoms with Gasteiger partial charge in [-0.3, -0.25) is 4.90 Å². The predicted octanol–water partition coefficient (Wildman–Crippen LogP) is 3.67. The van der Waals surface area contributed by atoms with Crippen molar-refractivity contribution in [1.29, 1.82) is 0 Å². The van der Waals surface area contributed by atoms with Gasteiger partial charge >= 0.3 is 0 Å². The number of rotatable bonds is 5. The third-order valence-corrected chi connectivity index (χ3v) is 4.17. The summed E-state index contributed by atoms with van der Waals surface area (Å²) in [5, 5.41) is 0. The molecule has 1 heterocycles. The van der Waals surface area contributed by atoms with Crippen LogP contribution in [0.15, 0.2) is 36.4 Å². The van der Waals surface area contributed by atoms with Crippen LogP contribution in [0, 0.1) is 0 Å². The van der Waals surface area contributed by atoms with Crippen molar-refractivity contribution in [3.8, 4) is 0 Å². The van der Waals surface area contributed by atoms with E-state index in [4.69, 9.17) is 29.6 Å². The second-order valence-corrected chi connectivity index (χ2v) is 6.68. The molecular formula is C14H15ClN2S2. The summed E-state index contributed by atoms with van der Waals surface area (Å²) in [7, 11) is 2.08. The summed E-state index contributed by atoms with van der Waals surface area (Å²) in [5.41, 5.74) is 7.77. The van der Waals surface area contributed by atoms with E-state index in [1.54, 1.807) is 11.3 Å². The summed E-state index contributed by atoms with van der Waals surface area (Å²) in [6, 6.07) is 12.0. The molecule has 0 fully saturated rings. The van der Waals surface area contributed by atoms with Gasteiger partial charge < -0.3 is 5.73 Å². The molecule has 2 aromatic rings. The van der Waals surface area contributed by atoms with Crippen molar-refractivity contribution < 1.29 is 0 Å². The van der Waals surface area contributed by atoms with Gasteiger partial charge in [-0.2, -0.15) is 0 Å². The fraction of sp³-hybridized carbons (Fsp3) is 0.214. The molecule has 0 bridgehead atoms. The molecule has 19 heavy (non-hydrogen) atoms. The second-order valence-electron chi connectivity index (χ2n) is 4.44. The zero-order chi connectivity index (χ0) is 13.8. The molecule has 2 nitrogen and oxygen atoms in total. The monoisotopic (exact) mass is 310 g/mol. The molecule has 0 aliphatic heterocycles. The van der Waals surface area contributed by atoms with Crippen LogP contribution < -0.4 is 5.73 Å². The van der Waals surface area contributed by atoms with Crippen molar-refractivity contribution in [3.63, 3.8) is 0 Å². The van der Waals surface area contributed by atoms with E-state index in [0.29, 0.717) is 4.99 Å². The first kappa shape index (κ1) is 14.5. The Morgan fingerprint density at radius 1 is 1.32 bits per heavy atom.